The highest BCUT2D eigenvalue weighted by Gasteiger charge is 2.24. The molecule has 2 heterocycles. The summed E-state index contributed by atoms with van der Waals surface area (Å²) in [5.74, 6) is 0. The zero-order chi connectivity index (χ0) is 14.8. The molecule has 1 fully saturated rings. The van der Waals surface area contributed by atoms with Gasteiger partial charge in [0.15, 0.2) is 0 Å². The van der Waals surface area contributed by atoms with Crippen LogP contribution < -0.4 is 11.2 Å². The van der Waals surface area contributed by atoms with Gasteiger partial charge in [0.1, 0.15) is 0 Å². The Morgan fingerprint density at radius 1 is 1.24 bits per heavy atom. The first kappa shape index (κ1) is 13.8. The van der Waals surface area contributed by atoms with Crippen LogP contribution in [0.1, 0.15) is 23.6 Å². The van der Waals surface area contributed by atoms with Gasteiger partial charge in [-0.3, -0.25) is 19.2 Å². The van der Waals surface area contributed by atoms with Crippen LogP contribution in [-0.4, -0.2) is 27.5 Å². The molecule has 0 aliphatic carbocycles. The Morgan fingerprint density at radius 2 is 2.00 bits per heavy atom. The van der Waals surface area contributed by atoms with E-state index in [0.717, 1.165) is 26.1 Å². The smallest absolute Gasteiger partial charge is 0.297 e. The Bertz CT molecular complexity index is 733. The van der Waals surface area contributed by atoms with Gasteiger partial charge in [-0.15, -0.1) is 0 Å². The standard InChI is InChI=1S/C16H19N3O2/c1-12-9-19(16(21)17-15(12)20)14-7-8-18(11-14)10-13-5-3-2-4-6-13/h2-6,9,14H,7-8,10-11H2,1H3,(H,17,20,21)/t14-/m1/s1. The van der Waals surface area contributed by atoms with E-state index in [-0.39, 0.29) is 17.3 Å². The second-order valence-corrected chi connectivity index (χ2v) is 5.64. The van der Waals surface area contributed by atoms with Crippen molar-refractivity contribution in [2.75, 3.05) is 13.1 Å². The van der Waals surface area contributed by atoms with Crippen molar-refractivity contribution in [2.45, 2.75) is 25.9 Å². The number of benzene rings is 1. The van der Waals surface area contributed by atoms with Crippen LogP contribution in [0.3, 0.4) is 0 Å². The monoisotopic (exact) mass is 285 g/mol. The number of aromatic amines is 1. The molecule has 5 heteroatoms. The Hall–Kier alpha value is -2.14. The van der Waals surface area contributed by atoms with Crippen molar-refractivity contribution in [1.29, 1.82) is 0 Å². The zero-order valence-corrected chi connectivity index (χ0v) is 12.1. The van der Waals surface area contributed by atoms with E-state index in [0.29, 0.717) is 5.56 Å². The number of aromatic nitrogens is 2. The molecule has 0 unspecified atom stereocenters. The maximum absolute atomic E-state index is 11.9. The summed E-state index contributed by atoms with van der Waals surface area (Å²) in [6, 6.07) is 10.5. The van der Waals surface area contributed by atoms with E-state index in [9.17, 15) is 9.59 Å². The molecule has 0 saturated carbocycles. The molecule has 21 heavy (non-hydrogen) atoms. The SMILES string of the molecule is Cc1cn([C@@H]2CCN(Cc3ccccc3)C2)c(=O)[nH]c1=O. The third-order valence-electron chi connectivity index (χ3n) is 4.04. The molecule has 0 bridgehead atoms. The van der Waals surface area contributed by atoms with Crippen molar-refractivity contribution >= 4 is 0 Å². The summed E-state index contributed by atoms with van der Waals surface area (Å²) in [6.07, 6.45) is 2.61. The fraction of sp³-hybridized carbons (Fsp3) is 0.375. The average Bonchev–Trinajstić information content (AvgIpc) is 2.92. The number of nitrogens with one attached hydrogen (secondary N) is 1. The highest BCUT2D eigenvalue weighted by Crippen LogP contribution is 2.21. The van der Waals surface area contributed by atoms with Gasteiger partial charge >= 0.3 is 5.69 Å². The van der Waals surface area contributed by atoms with Crippen LogP contribution >= 0.6 is 0 Å². The maximum atomic E-state index is 11.9. The molecular formula is C16H19N3O2. The molecule has 2 aromatic rings. The Labute approximate surface area is 122 Å². The quantitative estimate of drug-likeness (QED) is 0.924. The van der Waals surface area contributed by atoms with Crippen LogP contribution in [0.5, 0.6) is 0 Å². The summed E-state index contributed by atoms with van der Waals surface area (Å²) in [5.41, 5.74) is 1.26. The van der Waals surface area contributed by atoms with Crippen molar-refractivity contribution in [3.63, 3.8) is 0 Å². The molecule has 1 atom stereocenters. The van der Waals surface area contributed by atoms with Crippen LogP contribution in [-0.2, 0) is 6.54 Å². The number of hydrogen-bond donors (Lipinski definition) is 1. The second kappa shape index (κ2) is 5.69. The minimum atomic E-state index is -0.308. The lowest BCUT2D eigenvalue weighted by atomic mass is 10.2. The van der Waals surface area contributed by atoms with Gasteiger partial charge < -0.3 is 0 Å². The Balaban J connectivity index is 1.74. The fourth-order valence-electron chi connectivity index (χ4n) is 2.88. The van der Waals surface area contributed by atoms with Crippen LogP contribution in [0.2, 0.25) is 0 Å². The van der Waals surface area contributed by atoms with Gasteiger partial charge in [-0.25, -0.2) is 4.79 Å². The van der Waals surface area contributed by atoms with Crippen LogP contribution in [0, 0.1) is 6.92 Å². The summed E-state index contributed by atoms with van der Waals surface area (Å²) in [6.45, 7) is 4.42. The minimum Gasteiger partial charge on any atom is -0.297 e. The predicted molar refractivity (Wildman–Crippen MR) is 81.4 cm³/mol. The molecule has 1 aliphatic heterocycles. The first-order chi connectivity index (χ1) is 10.1. The minimum absolute atomic E-state index is 0.136. The van der Waals surface area contributed by atoms with Crippen LogP contribution in [0.15, 0.2) is 46.1 Å². The normalized spacial score (nSPS) is 19.0. The molecule has 0 radical (unpaired) electrons. The van der Waals surface area contributed by atoms with Crippen LogP contribution in [0.25, 0.3) is 0 Å². The summed E-state index contributed by atoms with van der Waals surface area (Å²) < 4.78 is 1.67. The Kier molecular flexibility index (Phi) is 3.75. The summed E-state index contributed by atoms with van der Waals surface area (Å²) in [5, 5.41) is 0. The number of nitrogens with zero attached hydrogens (tertiary/aromatic N) is 2. The molecule has 1 saturated heterocycles. The topological polar surface area (TPSA) is 58.1 Å². The molecule has 1 aromatic carbocycles. The number of likely N-dealkylation sites (tertiary alicyclic amines) is 1. The first-order valence-electron chi connectivity index (χ1n) is 7.22. The lowest BCUT2D eigenvalue weighted by molar-refractivity contribution is 0.314. The number of rotatable bonds is 3. The highest BCUT2D eigenvalue weighted by atomic mass is 16.2. The van der Waals surface area contributed by atoms with E-state index in [4.69, 9.17) is 0 Å². The predicted octanol–water partition coefficient (Wildman–Crippen LogP) is 1.29. The van der Waals surface area contributed by atoms with Gasteiger partial charge in [0.05, 0.1) is 6.04 Å². The zero-order valence-electron chi connectivity index (χ0n) is 12.1. The number of hydrogen-bond acceptors (Lipinski definition) is 3. The van der Waals surface area contributed by atoms with E-state index in [1.807, 2.05) is 18.2 Å². The van der Waals surface area contributed by atoms with Gasteiger partial charge in [-0.05, 0) is 18.9 Å². The van der Waals surface area contributed by atoms with Crippen molar-refractivity contribution in [2.24, 2.45) is 0 Å². The van der Waals surface area contributed by atoms with Crippen molar-refractivity contribution in [3.8, 4) is 0 Å². The highest BCUT2D eigenvalue weighted by molar-refractivity contribution is 5.14. The molecule has 5 nitrogen and oxygen atoms in total. The molecule has 1 aliphatic rings. The number of H-pyrrole nitrogens is 1. The van der Waals surface area contributed by atoms with Gasteiger partial charge in [-0.2, -0.15) is 0 Å². The third-order valence-corrected chi connectivity index (χ3v) is 4.04. The Morgan fingerprint density at radius 3 is 2.76 bits per heavy atom. The first-order valence-corrected chi connectivity index (χ1v) is 7.22. The van der Waals surface area contributed by atoms with E-state index >= 15 is 0 Å². The summed E-state index contributed by atoms with van der Waals surface area (Å²) in [4.78, 5) is 28.1. The van der Waals surface area contributed by atoms with E-state index in [1.54, 1.807) is 17.7 Å². The molecule has 1 aromatic heterocycles. The van der Waals surface area contributed by atoms with Crippen LogP contribution in [0.4, 0.5) is 0 Å². The molecule has 1 N–H and O–H groups in total. The van der Waals surface area contributed by atoms with E-state index in [1.165, 1.54) is 5.56 Å². The third kappa shape index (κ3) is 2.97. The lowest BCUT2D eigenvalue weighted by Crippen LogP contribution is -2.34. The maximum Gasteiger partial charge on any atom is 0.328 e. The largest absolute Gasteiger partial charge is 0.328 e. The van der Waals surface area contributed by atoms with E-state index < -0.39 is 0 Å². The van der Waals surface area contributed by atoms with Gasteiger partial charge in [0.2, 0.25) is 0 Å². The molecule has 110 valence electrons. The van der Waals surface area contributed by atoms with Crippen molar-refractivity contribution < 1.29 is 0 Å². The lowest BCUT2D eigenvalue weighted by Gasteiger charge is -2.17. The number of aryl methyl sites for hydroxylation is 1. The van der Waals surface area contributed by atoms with Crippen molar-refractivity contribution in [3.05, 3.63) is 68.5 Å². The fourth-order valence-corrected chi connectivity index (χ4v) is 2.88. The molecule has 0 spiro atoms. The van der Waals surface area contributed by atoms with Gasteiger partial charge in [0, 0.05) is 31.4 Å². The van der Waals surface area contributed by atoms with Gasteiger partial charge in [-0.1, -0.05) is 30.3 Å². The average molecular weight is 285 g/mol. The second-order valence-electron chi connectivity index (χ2n) is 5.64. The van der Waals surface area contributed by atoms with E-state index in [2.05, 4.69) is 22.0 Å². The molecule has 3 rings (SSSR count). The summed E-state index contributed by atoms with van der Waals surface area (Å²) >= 11 is 0. The molecule has 0 amide bonds. The molecular weight excluding hydrogens is 266 g/mol. The van der Waals surface area contributed by atoms with Gasteiger partial charge in [0.25, 0.3) is 5.56 Å². The van der Waals surface area contributed by atoms with Crippen molar-refractivity contribution in [1.82, 2.24) is 14.5 Å². The summed E-state index contributed by atoms with van der Waals surface area (Å²) in [7, 11) is 0.